The Balaban J connectivity index is 1.74. The van der Waals surface area contributed by atoms with Crippen LogP contribution >= 0.6 is 0 Å². The Bertz CT molecular complexity index is 2020. The maximum atomic E-state index is 14.0. The minimum absolute atomic E-state index is 0.0368. The van der Waals surface area contributed by atoms with E-state index in [-0.39, 0.29) is 17.7 Å². The van der Waals surface area contributed by atoms with Crippen LogP contribution in [0, 0.1) is 13.8 Å². The zero-order valence-electron chi connectivity index (χ0n) is 20.1. The molecule has 0 saturated heterocycles. The minimum atomic E-state index is -0.484. The van der Waals surface area contributed by atoms with Gasteiger partial charge in [-0.25, -0.2) is 14.3 Å². The number of rotatable bonds is 3. The lowest BCUT2D eigenvalue weighted by molar-refractivity contribution is 0.698. The molecular weight excluding hydrogens is 454 g/mol. The van der Waals surface area contributed by atoms with Crippen molar-refractivity contribution in [1.82, 2.24) is 23.1 Å². The highest BCUT2D eigenvalue weighted by Gasteiger charge is 2.22. The Morgan fingerprint density at radius 2 is 1.64 bits per heavy atom. The van der Waals surface area contributed by atoms with E-state index >= 15 is 0 Å². The summed E-state index contributed by atoms with van der Waals surface area (Å²) in [5.74, 6) is 0. The lowest BCUT2D eigenvalue weighted by atomic mass is 10.1. The molecule has 0 aliphatic heterocycles. The molecule has 0 fully saturated rings. The van der Waals surface area contributed by atoms with Gasteiger partial charge in [-0.2, -0.15) is 0 Å². The van der Waals surface area contributed by atoms with E-state index in [4.69, 9.17) is 0 Å². The van der Waals surface area contributed by atoms with Crippen LogP contribution in [-0.4, -0.2) is 23.1 Å². The molecule has 6 rings (SSSR count). The molecule has 4 heterocycles. The second kappa shape index (κ2) is 7.91. The first-order valence-corrected chi connectivity index (χ1v) is 11.6. The Kier molecular flexibility index (Phi) is 4.79. The predicted octanol–water partition coefficient (Wildman–Crippen LogP) is 3.32. The number of hydrogen-bond acceptors (Lipinski definition) is 4. The Labute approximate surface area is 204 Å². The van der Waals surface area contributed by atoms with E-state index in [9.17, 15) is 14.4 Å². The SMILES string of the molecule is Cc1cccc(-n2c(=O)c3c(c4cc(C)ccc4n3C)n(Cc3cc(=O)n4ccccc4n3)c2=O)c1. The molecule has 178 valence electrons. The number of hydrogen-bond donors (Lipinski definition) is 0. The average Bonchev–Trinajstić information content (AvgIpc) is 3.13. The Hall–Kier alpha value is -4.72. The number of fused-ring (bicyclic) bond motifs is 4. The van der Waals surface area contributed by atoms with Gasteiger partial charge in [-0.05, 0) is 55.8 Å². The van der Waals surface area contributed by atoms with Gasteiger partial charge in [0.2, 0.25) is 0 Å². The number of nitrogens with zero attached hydrogens (tertiary/aromatic N) is 5. The number of aromatic nitrogens is 5. The molecule has 0 bridgehead atoms. The van der Waals surface area contributed by atoms with Crippen molar-refractivity contribution in [3.8, 4) is 5.69 Å². The molecule has 0 amide bonds. The summed E-state index contributed by atoms with van der Waals surface area (Å²) in [5.41, 5.74) is 4.05. The highest BCUT2D eigenvalue weighted by molar-refractivity contribution is 6.06. The van der Waals surface area contributed by atoms with E-state index in [0.29, 0.717) is 28.1 Å². The zero-order valence-corrected chi connectivity index (χ0v) is 20.1. The first kappa shape index (κ1) is 21.8. The van der Waals surface area contributed by atoms with Crippen LogP contribution in [0.4, 0.5) is 0 Å². The first-order valence-electron chi connectivity index (χ1n) is 11.6. The van der Waals surface area contributed by atoms with E-state index in [0.717, 1.165) is 22.0 Å². The summed E-state index contributed by atoms with van der Waals surface area (Å²) >= 11 is 0. The van der Waals surface area contributed by atoms with Crippen molar-refractivity contribution in [3.63, 3.8) is 0 Å². The topological polar surface area (TPSA) is 83.3 Å². The molecule has 0 atom stereocenters. The molecule has 0 N–H and O–H groups in total. The van der Waals surface area contributed by atoms with Crippen LogP contribution in [0.2, 0.25) is 0 Å². The zero-order chi connectivity index (χ0) is 25.1. The summed E-state index contributed by atoms with van der Waals surface area (Å²) in [4.78, 5) is 45.2. The summed E-state index contributed by atoms with van der Waals surface area (Å²) in [6, 6.07) is 20.0. The van der Waals surface area contributed by atoms with Gasteiger partial charge in [0, 0.05) is 24.7 Å². The summed E-state index contributed by atoms with van der Waals surface area (Å²) in [5, 5.41) is 0.801. The van der Waals surface area contributed by atoms with E-state index in [1.54, 1.807) is 35.0 Å². The van der Waals surface area contributed by atoms with Crippen LogP contribution in [0.3, 0.4) is 0 Å². The normalized spacial score (nSPS) is 11.6. The fraction of sp³-hybridized carbons (Fsp3) is 0.143. The van der Waals surface area contributed by atoms with Gasteiger partial charge in [0.1, 0.15) is 11.2 Å². The largest absolute Gasteiger partial charge is 0.338 e. The smallest absolute Gasteiger partial charge is 0.336 e. The summed E-state index contributed by atoms with van der Waals surface area (Å²) in [6.45, 7) is 3.92. The van der Waals surface area contributed by atoms with E-state index in [1.807, 2.05) is 61.9 Å². The predicted molar refractivity (Wildman–Crippen MR) is 140 cm³/mol. The lowest BCUT2D eigenvalue weighted by Gasteiger charge is -2.14. The molecule has 0 spiro atoms. The number of aryl methyl sites for hydroxylation is 3. The average molecular weight is 478 g/mol. The number of benzene rings is 2. The highest BCUT2D eigenvalue weighted by Crippen LogP contribution is 2.27. The fourth-order valence-electron chi connectivity index (χ4n) is 4.95. The van der Waals surface area contributed by atoms with Crippen molar-refractivity contribution < 1.29 is 0 Å². The Morgan fingerprint density at radius 3 is 2.44 bits per heavy atom. The maximum Gasteiger partial charge on any atom is 0.336 e. The first-order chi connectivity index (χ1) is 17.3. The number of pyridine rings is 1. The second-order valence-corrected chi connectivity index (χ2v) is 9.14. The molecule has 0 radical (unpaired) electrons. The van der Waals surface area contributed by atoms with E-state index in [1.165, 1.54) is 15.0 Å². The third kappa shape index (κ3) is 3.22. The minimum Gasteiger partial charge on any atom is -0.338 e. The maximum absolute atomic E-state index is 14.0. The molecule has 2 aromatic carbocycles. The van der Waals surface area contributed by atoms with E-state index in [2.05, 4.69) is 4.98 Å². The molecular formula is C28H23N5O3. The van der Waals surface area contributed by atoms with Gasteiger partial charge in [0.15, 0.2) is 0 Å². The van der Waals surface area contributed by atoms with Crippen molar-refractivity contribution in [2.75, 3.05) is 0 Å². The molecule has 4 aromatic heterocycles. The molecule has 0 unspecified atom stereocenters. The standard InChI is InChI=1S/C28H23N5O3/c1-17-7-6-8-20(13-17)33-27(35)26-25(21-14-18(2)10-11-22(21)30(26)3)32(28(33)36)16-19-15-24(34)31-12-5-4-9-23(31)29-19/h4-15H,16H2,1-3H3. The molecule has 6 aromatic rings. The van der Waals surface area contributed by atoms with Gasteiger partial charge < -0.3 is 4.57 Å². The monoisotopic (exact) mass is 477 g/mol. The van der Waals surface area contributed by atoms with Gasteiger partial charge in [-0.15, -0.1) is 0 Å². The van der Waals surface area contributed by atoms with Crippen LogP contribution in [0.15, 0.2) is 87.3 Å². The Morgan fingerprint density at radius 1 is 0.833 bits per heavy atom. The summed E-state index contributed by atoms with van der Waals surface area (Å²) in [6.07, 6.45) is 1.66. The fourth-order valence-corrected chi connectivity index (χ4v) is 4.95. The molecule has 8 heteroatoms. The van der Waals surface area contributed by atoms with E-state index < -0.39 is 5.69 Å². The van der Waals surface area contributed by atoms with Crippen molar-refractivity contribution in [2.24, 2.45) is 7.05 Å². The third-order valence-corrected chi connectivity index (χ3v) is 6.63. The lowest BCUT2D eigenvalue weighted by Crippen LogP contribution is -2.39. The van der Waals surface area contributed by atoms with Crippen molar-refractivity contribution >= 4 is 27.6 Å². The van der Waals surface area contributed by atoms with Crippen molar-refractivity contribution in [3.05, 3.63) is 121 Å². The summed E-state index contributed by atoms with van der Waals surface area (Å²) in [7, 11) is 1.83. The van der Waals surface area contributed by atoms with Crippen LogP contribution < -0.4 is 16.8 Å². The van der Waals surface area contributed by atoms with Crippen LogP contribution in [0.5, 0.6) is 0 Å². The van der Waals surface area contributed by atoms with Crippen LogP contribution in [-0.2, 0) is 13.6 Å². The highest BCUT2D eigenvalue weighted by atomic mass is 16.2. The second-order valence-electron chi connectivity index (χ2n) is 9.14. The van der Waals surface area contributed by atoms with Gasteiger partial charge in [0.25, 0.3) is 11.1 Å². The van der Waals surface area contributed by atoms with Crippen molar-refractivity contribution in [2.45, 2.75) is 20.4 Å². The van der Waals surface area contributed by atoms with Crippen molar-refractivity contribution in [1.29, 1.82) is 0 Å². The van der Waals surface area contributed by atoms with Gasteiger partial charge >= 0.3 is 5.69 Å². The molecule has 36 heavy (non-hydrogen) atoms. The quantitative estimate of drug-likeness (QED) is 0.392. The molecule has 8 nitrogen and oxygen atoms in total. The van der Waals surface area contributed by atoms with Gasteiger partial charge in [-0.1, -0.05) is 29.8 Å². The molecule has 0 aliphatic rings. The van der Waals surface area contributed by atoms with Gasteiger partial charge in [-0.3, -0.25) is 18.6 Å². The third-order valence-electron chi connectivity index (χ3n) is 6.63. The van der Waals surface area contributed by atoms with Gasteiger partial charge in [0.05, 0.1) is 29.0 Å². The summed E-state index contributed by atoms with van der Waals surface area (Å²) < 4.78 is 6.05. The van der Waals surface area contributed by atoms with Crippen LogP contribution in [0.25, 0.3) is 33.3 Å². The molecule has 0 saturated carbocycles. The molecule has 0 aliphatic carbocycles. The van der Waals surface area contributed by atoms with Crippen LogP contribution in [0.1, 0.15) is 16.8 Å².